The summed E-state index contributed by atoms with van der Waals surface area (Å²) >= 11 is 0. The molecule has 5 rings (SSSR count). The highest BCUT2D eigenvalue weighted by atomic mass is 15.2. The molecular formula is C30H45N7. The molecule has 0 atom stereocenters. The van der Waals surface area contributed by atoms with E-state index in [4.69, 9.17) is 0 Å². The summed E-state index contributed by atoms with van der Waals surface area (Å²) in [5, 5.41) is 14.1. The molecule has 3 heterocycles. The van der Waals surface area contributed by atoms with Crippen LogP contribution in [0.4, 0.5) is 0 Å². The van der Waals surface area contributed by atoms with E-state index in [1.165, 1.54) is 44.9 Å². The van der Waals surface area contributed by atoms with Crippen LogP contribution in [0.5, 0.6) is 0 Å². The number of aromatic nitrogens is 6. The van der Waals surface area contributed by atoms with Crippen LogP contribution in [0, 0.1) is 0 Å². The molecule has 7 heteroatoms. The summed E-state index contributed by atoms with van der Waals surface area (Å²) in [6.45, 7) is 10.6. The molecule has 0 bridgehead atoms. The summed E-state index contributed by atoms with van der Waals surface area (Å²) in [5.74, 6) is 0.697. The number of nitrogens with zero attached hydrogens (tertiary/aromatic N) is 5. The average Bonchev–Trinajstić information content (AvgIpc) is 3.67. The molecular weight excluding hydrogens is 458 g/mol. The van der Waals surface area contributed by atoms with Crippen molar-refractivity contribution in [3.8, 4) is 33.6 Å². The highest BCUT2D eigenvalue weighted by Gasteiger charge is 2.06. The minimum absolute atomic E-state index is 0.697. The Hall–Kier alpha value is -3.32. The molecule has 1 aliphatic rings. The Balaban J connectivity index is 0.000000284. The van der Waals surface area contributed by atoms with Gasteiger partial charge >= 0.3 is 0 Å². The highest BCUT2D eigenvalue weighted by molar-refractivity contribution is 5.70. The summed E-state index contributed by atoms with van der Waals surface area (Å²) < 4.78 is 1.79. The molecule has 1 saturated carbocycles. The number of aromatic amines is 1. The van der Waals surface area contributed by atoms with Crippen molar-refractivity contribution in [3.05, 3.63) is 61.4 Å². The van der Waals surface area contributed by atoms with Gasteiger partial charge < -0.3 is 5.32 Å². The fourth-order valence-corrected chi connectivity index (χ4v) is 3.86. The van der Waals surface area contributed by atoms with Gasteiger partial charge in [0.15, 0.2) is 5.82 Å². The first kappa shape index (κ1) is 29.9. The van der Waals surface area contributed by atoms with E-state index in [2.05, 4.69) is 56.6 Å². The Labute approximate surface area is 223 Å². The first-order valence-electron chi connectivity index (χ1n) is 13.8. The van der Waals surface area contributed by atoms with Gasteiger partial charge in [0.25, 0.3) is 0 Å². The van der Waals surface area contributed by atoms with Crippen molar-refractivity contribution in [1.82, 2.24) is 35.3 Å². The van der Waals surface area contributed by atoms with Crippen LogP contribution in [-0.4, -0.2) is 43.0 Å². The third-order valence-electron chi connectivity index (χ3n) is 5.82. The van der Waals surface area contributed by atoms with E-state index >= 15 is 0 Å². The molecule has 1 aliphatic carbocycles. The minimum Gasteiger partial charge on any atom is -0.317 e. The molecule has 0 amide bonds. The fraction of sp³-hybridized carbons (Fsp3) is 0.467. The van der Waals surface area contributed by atoms with Gasteiger partial charge in [-0.25, -0.2) is 9.97 Å². The van der Waals surface area contributed by atoms with Crippen LogP contribution < -0.4 is 5.32 Å². The zero-order valence-corrected chi connectivity index (χ0v) is 23.4. The Morgan fingerprint density at radius 1 is 0.811 bits per heavy atom. The van der Waals surface area contributed by atoms with E-state index in [0.29, 0.717) is 5.82 Å². The molecule has 7 nitrogen and oxygen atoms in total. The quantitative estimate of drug-likeness (QED) is 0.270. The number of hydrogen-bond donors (Lipinski definition) is 2. The van der Waals surface area contributed by atoms with Crippen LogP contribution >= 0.6 is 0 Å². The summed E-state index contributed by atoms with van der Waals surface area (Å²) in [4.78, 5) is 8.94. The Bertz CT molecular complexity index is 1070. The van der Waals surface area contributed by atoms with E-state index in [1.807, 2.05) is 64.0 Å². The number of aryl methyl sites for hydroxylation is 1. The maximum absolute atomic E-state index is 4.47. The summed E-state index contributed by atoms with van der Waals surface area (Å²) in [7, 11) is 1.91. The lowest BCUT2D eigenvalue weighted by Gasteiger charge is -2.05. The van der Waals surface area contributed by atoms with Crippen molar-refractivity contribution >= 4 is 0 Å². The van der Waals surface area contributed by atoms with Crippen LogP contribution in [0.25, 0.3) is 33.6 Å². The van der Waals surface area contributed by atoms with Gasteiger partial charge in [-0.05, 0) is 31.1 Å². The normalized spacial score (nSPS) is 12.2. The second-order valence-corrected chi connectivity index (χ2v) is 8.74. The number of H-pyrrole nitrogens is 1. The van der Waals surface area contributed by atoms with Gasteiger partial charge in [0.05, 0.1) is 12.4 Å². The molecule has 4 aromatic rings. The highest BCUT2D eigenvalue weighted by Crippen LogP contribution is 2.25. The number of benzene rings is 1. The molecule has 2 N–H and O–H groups in total. The molecule has 3 aromatic heterocycles. The molecule has 0 unspecified atom stereocenters. The largest absolute Gasteiger partial charge is 0.317 e. The van der Waals surface area contributed by atoms with E-state index in [9.17, 15) is 0 Å². The second kappa shape index (κ2) is 18.0. The maximum atomic E-state index is 4.47. The van der Waals surface area contributed by atoms with Crippen LogP contribution in [-0.2, 0) is 7.05 Å². The van der Waals surface area contributed by atoms with Crippen LogP contribution in [0.2, 0.25) is 0 Å². The number of nitrogens with one attached hydrogen (secondary N) is 2. The predicted molar refractivity (Wildman–Crippen MR) is 155 cm³/mol. The molecule has 1 fully saturated rings. The molecule has 1 aromatic carbocycles. The predicted octanol–water partition coefficient (Wildman–Crippen LogP) is 7.31. The zero-order chi connectivity index (χ0) is 26.7. The standard InChI is InChI=1S/C17H14N6.C6H12.C5H13N.C2H6/c1-23-11-16(10-22-23)12-3-2-4-13(5-12)17-18-6-14(7-19-17)15-8-20-21-9-15;1-2-4-6-5-3-1;1-3-5-6-4-2;1-2/h2-11H,1H3,(H,20,21);1-6H2;6H,3-5H2,1-2H3;1-2H3. The van der Waals surface area contributed by atoms with Gasteiger partial charge in [-0.1, -0.05) is 84.4 Å². The molecule has 37 heavy (non-hydrogen) atoms. The first-order valence-corrected chi connectivity index (χ1v) is 13.8. The molecule has 0 aliphatic heterocycles. The Morgan fingerprint density at radius 2 is 1.46 bits per heavy atom. The molecule has 0 spiro atoms. The van der Waals surface area contributed by atoms with Crippen molar-refractivity contribution in [3.63, 3.8) is 0 Å². The van der Waals surface area contributed by atoms with Crippen molar-refractivity contribution in [1.29, 1.82) is 0 Å². The minimum atomic E-state index is 0.697. The van der Waals surface area contributed by atoms with Gasteiger partial charge in [0.1, 0.15) is 0 Å². The van der Waals surface area contributed by atoms with Crippen LogP contribution in [0.1, 0.15) is 72.6 Å². The van der Waals surface area contributed by atoms with Gasteiger partial charge in [0, 0.05) is 54.1 Å². The van der Waals surface area contributed by atoms with Gasteiger partial charge in [-0.2, -0.15) is 10.2 Å². The number of hydrogen-bond acceptors (Lipinski definition) is 5. The third kappa shape index (κ3) is 10.7. The average molecular weight is 504 g/mol. The topological polar surface area (TPSA) is 84.3 Å². The van der Waals surface area contributed by atoms with Crippen molar-refractivity contribution < 1.29 is 0 Å². The first-order chi connectivity index (χ1) is 18.2. The number of rotatable bonds is 6. The van der Waals surface area contributed by atoms with E-state index in [-0.39, 0.29) is 0 Å². The molecule has 200 valence electrons. The lowest BCUT2D eigenvalue weighted by Crippen LogP contribution is -2.12. The fourth-order valence-electron chi connectivity index (χ4n) is 3.86. The van der Waals surface area contributed by atoms with Crippen molar-refractivity contribution in [2.75, 3.05) is 13.1 Å². The van der Waals surface area contributed by atoms with Gasteiger partial charge in [-0.15, -0.1) is 0 Å². The summed E-state index contributed by atoms with van der Waals surface area (Å²) in [6.07, 6.45) is 21.3. The van der Waals surface area contributed by atoms with E-state index in [1.54, 1.807) is 10.9 Å². The molecule has 0 saturated heterocycles. The van der Waals surface area contributed by atoms with Gasteiger partial charge in [0.2, 0.25) is 0 Å². The summed E-state index contributed by atoms with van der Waals surface area (Å²) in [6, 6.07) is 8.14. The van der Waals surface area contributed by atoms with Crippen LogP contribution in [0.15, 0.2) is 61.4 Å². The second-order valence-electron chi connectivity index (χ2n) is 8.74. The zero-order valence-electron chi connectivity index (χ0n) is 23.4. The smallest absolute Gasteiger partial charge is 0.159 e. The molecule has 0 radical (unpaired) electrons. The third-order valence-corrected chi connectivity index (χ3v) is 5.82. The van der Waals surface area contributed by atoms with E-state index in [0.717, 1.165) is 40.9 Å². The van der Waals surface area contributed by atoms with Crippen molar-refractivity contribution in [2.24, 2.45) is 7.05 Å². The van der Waals surface area contributed by atoms with E-state index < -0.39 is 0 Å². The lowest BCUT2D eigenvalue weighted by molar-refractivity contribution is 0.504. The Kier molecular flexibility index (Phi) is 14.6. The maximum Gasteiger partial charge on any atom is 0.159 e. The monoisotopic (exact) mass is 503 g/mol. The van der Waals surface area contributed by atoms with Crippen LogP contribution in [0.3, 0.4) is 0 Å². The Morgan fingerprint density at radius 3 is 1.95 bits per heavy atom. The SMILES string of the molecule is C1CCCCC1.CC.CCCNCC.Cn1cc(-c2cccc(-c3ncc(-c4cn[nH]c4)cn3)c2)cn1. The van der Waals surface area contributed by atoms with Crippen molar-refractivity contribution in [2.45, 2.75) is 72.6 Å². The summed E-state index contributed by atoms with van der Waals surface area (Å²) in [5.41, 5.74) is 5.05. The lowest BCUT2D eigenvalue weighted by atomic mass is 10.0. The van der Waals surface area contributed by atoms with Gasteiger partial charge in [-0.3, -0.25) is 9.78 Å².